The van der Waals surface area contributed by atoms with Gasteiger partial charge in [0.15, 0.2) is 0 Å². The van der Waals surface area contributed by atoms with Gasteiger partial charge in [0.1, 0.15) is 0 Å². The molecule has 1 aromatic heterocycles. The number of carbonyl (C=O) groups is 1. The molecular formula is C23H26N4O3S. The molecule has 162 valence electrons. The number of aromatic amines is 1. The highest BCUT2D eigenvalue weighted by molar-refractivity contribution is 7.89. The SMILES string of the molecule is CC1c2ccccc2CCN1C(=O)C1CCN(S(=O)(=O)c2ccc3cn[nH]c3c2)CC1. The molecule has 1 unspecified atom stereocenters. The lowest BCUT2D eigenvalue weighted by atomic mass is 9.90. The Labute approximate surface area is 182 Å². The van der Waals surface area contributed by atoms with Gasteiger partial charge in [0.25, 0.3) is 0 Å². The van der Waals surface area contributed by atoms with Crippen molar-refractivity contribution in [1.29, 1.82) is 0 Å². The van der Waals surface area contributed by atoms with E-state index in [9.17, 15) is 13.2 Å². The van der Waals surface area contributed by atoms with Crippen LogP contribution < -0.4 is 0 Å². The number of nitrogens with zero attached hydrogens (tertiary/aromatic N) is 3. The first-order chi connectivity index (χ1) is 14.9. The molecule has 0 aliphatic carbocycles. The molecule has 1 saturated heterocycles. The number of amides is 1. The third kappa shape index (κ3) is 3.53. The average molecular weight is 439 g/mol. The van der Waals surface area contributed by atoms with Gasteiger partial charge < -0.3 is 4.90 Å². The molecular weight excluding hydrogens is 412 g/mol. The fraction of sp³-hybridized carbons (Fsp3) is 0.391. The second kappa shape index (κ2) is 7.76. The third-order valence-corrected chi connectivity index (χ3v) is 8.63. The Morgan fingerprint density at radius 1 is 1.10 bits per heavy atom. The maximum Gasteiger partial charge on any atom is 0.243 e. The van der Waals surface area contributed by atoms with E-state index in [4.69, 9.17) is 0 Å². The fourth-order valence-corrected chi connectivity index (χ4v) is 6.37. The Bertz CT molecular complexity index is 1230. The summed E-state index contributed by atoms with van der Waals surface area (Å²) >= 11 is 0. The number of nitrogens with one attached hydrogen (secondary N) is 1. The fourth-order valence-electron chi connectivity index (χ4n) is 4.88. The lowest BCUT2D eigenvalue weighted by Crippen LogP contribution is -2.46. The first-order valence-corrected chi connectivity index (χ1v) is 12.2. The molecule has 0 radical (unpaired) electrons. The molecule has 3 heterocycles. The number of benzene rings is 2. The van der Waals surface area contributed by atoms with Gasteiger partial charge in [-0.15, -0.1) is 0 Å². The molecule has 3 aromatic rings. The number of rotatable bonds is 3. The van der Waals surface area contributed by atoms with E-state index in [0.29, 0.717) is 31.4 Å². The van der Waals surface area contributed by atoms with E-state index in [-0.39, 0.29) is 22.8 Å². The molecule has 0 saturated carbocycles. The highest BCUT2D eigenvalue weighted by atomic mass is 32.2. The van der Waals surface area contributed by atoms with Crippen LogP contribution in [0.2, 0.25) is 0 Å². The van der Waals surface area contributed by atoms with Crippen LogP contribution in [0.4, 0.5) is 0 Å². The van der Waals surface area contributed by atoms with Gasteiger partial charge in [-0.2, -0.15) is 9.40 Å². The number of sulfonamides is 1. The Balaban J connectivity index is 1.27. The van der Waals surface area contributed by atoms with Gasteiger partial charge in [0, 0.05) is 30.9 Å². The normalized spacial score (nSPS) is 20.7. The molecule has 0 bridgehead atoms. The zero-order valence-electron chi connectivity index (χ0n) is 17.5. The summed E-state index contributed by atoms with van der Waals surface area (Å²) in [6, 6.07) is 13.4. The van der Waals surface area contributed by atoms with E-state index < -0.39 is 10.0 Å². The summed E-state index contributed by atoms with van der Waals surface area (Å²) in [5, 5.41) is 7.65. The first kappa shape index (κ1) is 20.2. The number of fused-ring (bicyclic) bond motifs is 2. The second-order valence-electron chi connectivity index (χ2n) is 8.45. The van der Waals surface area contributed by atoms with Crippen LogP contribution in [0.5, 0.6) is 0 Å². The molecule has 7 nitrogen and oxygen atoms in total. The molecule has 1 amide bonds. The summed E-state index contributed by atoms with van der Waals surface area (Å²) in [6.07, 6.45) is 3.64. The summed E-state index contributed by atoms with van der Waals surface area (Å²) < 4.78 is 27.7. The van der Waals surface area contributed by atoms with Crippen molar-refractivity contribution >= 4 is 26.8 Å². The predicted octanol–water partition coefficient (Wildman–Crippen LogP) is 3.11. The lowest BCUT2D eigenvalue weighted by Gasteiger charge is -2.39. The van der Waals surface area contributed by atoms with E-state index >= 15 is 0 Å². The molecule has 2 aliphatic rings. The lowest BCUT2D eigenvalue weighted by molar-refractivity contribution is -0.139. The zero-order chi connectivity index (χ0) is 21.6. The Kier molecular flexibility index (Phi) is 5.06. The smallest absolute Gasteiger partial charge is 0.243 e. The van der Waals surface area contributed by atoms with Crippen LogP contribution in [0.25, 0.3) is 10.9 Å². The van der Waals surface area contributed by atoms with Crippen LogP contribution in [0, 0.1) is 5.92 Å². The molecule has 1 atom stereocenters. The van der Waals surface area contributed by atoms with Crippen LogP contribution in [0.3, 0.4) is 0 Å². The van der Waals surface area contributed by atoms with E-state index in [0.717, 1.165) is 18.4 Å². The molecule has 31 heavy (non-hydrogen) atoms. The minimum atomic E-state index is -3.60. The van der Waals surface area contributed by atoms with Crippen LogP contribution in [-0.4, -0.2) is 53.4 Å². The molecule has 2 aromatic carbocycles. The van der Waals surface area contributed by atoms with E-state index in [1.54, 1.807) is 24.4 Å². The highest BCUT2D eigenvalue weighted by Crippen LogP contribution is 2.33. The number of H-pyrrole nitrogens is 1. The maximum absolute atomic E-state index is 13.3. The Hall–Kier alpha value is -2.71. The standard InChI is InChI=1S/C23H26N4O3S/c1-16-21-5-3-2-4-17(21)10-13-27(16)23(28)18-8-11-26(12-9-18)31(29,30)20-7-6-19-15-24-25-22(19)14-20/h2-7,14-16,18H,8-13H2,1H3,(H,24,25). The largest absolute Gasteiger partial charge is 0.335 e. The number of carbonyl (C=O) groups excluding carboxylic acids is 1. The van der Waals surface area contributed by atoms with Gasteiger partial charge >= 0.3 is 0 Å². The van der Waals surface area contributed by atoms with Crippen molar-refractivity contribution < 1.29 is 13.2 Å². The van der Waals surface area contributed by atoms with Gasteiger partial charge in [-0.05, 0) is 55.5 Å². The number of hydrogen-bond donors (Lipinski definition) is 1. The van der Waals surface area contributed by atoms with Crippen molar-refractivity contribution in [3.8, 4) is 0 Å². The predicted molar refractivity (Wildman–Crippen MR) is 118 cm³/mol. The van der Waals surface area contributed by atoms with Crippen molar-refractivity contribution in [1.82, 2.24) is 19.4 Å². The van der Waals surface area contributed by atoms with Crippen molar-refractivity contribution in [2.75, 3.05) is 19.6 Å². The second-order valence-corrected chi connectivity index (χ2v) is 10.4. The highest BCUT2D eigenvalue weighted by Gasteiger charge is 2.36. The van der Waals surface area contributed by atoms with Crippen molar-refractivity contribution in [2.24, 2.45) is 5.92 Å². The monoisotopic (exact) mass is 438 g/mol. The number of aromatic nitrogens is 2. The molecule has 5 rings (SSSR count). The zero-order valence-corrected chi connectivity index (χ0v) is 18.3. The van der Waals surface area contributed by atoms with Crippen LogP contribution >= 0.6 is 0 Å². The third-order valence-electron chi connectivity index (χ3n) is 6.73. The molecule has 1 fully saturated rings. The van der Waals surface area contributed by atoms with Crippen LogP contribution in [0.1, 0.15) is 36.9 Å². The first-order valence-electron chi connectivity index (χ1n) is 10.8. The number of hydrogen-bond acceptors (Lipinski definition) is 4. The van der Waals surface area contributed by atoms with Gasteiger partial charge in [0.05, 0.1) is 22.7 Å². The molecule has 0 spiro atoms. The topological polar surface area (TPSA) is 86.4 Å². The summed E-state index contributed by atoms with van der Waals surface area (Å²) in [7, 11) is -3.60. The van der Waals surface area contributed by atoms with Crippen molar-refractivity contribution in [3.05, 3.63) is 59.8 Å². The van der Waals surface area contributed by atoms with Crippen LogP contribution in [-0.2, 0) is 21.2 Å². The Morgan fingerprint density at radius 2 is 1.87 bits per heavy atom. The summed E-state index contributed by atoms with van der Waals surface area (Å²) in [5.74, 6) is 0.0205. The van der Waals surface area contributed by atoms with Crippen LogP contribution in [0.15, 0.2) is 53.6 Å². The molecule has 2 aliphatic heterocycles. The van der Waals surface area contributed by atoms with Crippen molar-refractivity contribution in [3.63, 3.8) is 0 Å². The minimum Gasteiger partial charge on any atom is -0.335 e. The van der Waals surface area contributed by atoms with E-state index in [2.05, 4.69) is 29.3 Å². The molecule has 1 N–H and O–H groups in total. The summed E-state index contributed by atoms with van der Waals surface area (Å²) in [5.41, 5.74) is 3.23. The minimum absolute atomic E-state index is 0.0559. The summed E-state index contributed by atoms with van der Waals surface area (Å²) in [6.45, 7) is 3.53. The van der Waals surface area contributed by atoms with E-state index in [1.807, 2.05) is 17.0 Å². The van der Waals surface area contributed by atoms with E-state index in [1.165, 1.54) is 15.4 Å². The Morgan fingerprint density at radius 3 is 2.68 bits per heavy atom. The summed E-state index contributed by atoms with van der Waals surface area (Å²) in [4.78, 5) is 15.5. The number of piperidine rings is 1. The molecule has 8 heteroatoms. The van der Waals surface area contributed by atoms with Gasteiger partial charge in [0.2, 0.25) is 15.9 Å². The van der Waals surface area contributed by atoms with Gasteiger partial charge in [-0.25, -0.2) is 8.42 Å². The van der Waals surface area contributed by atoms with Gasteiger partial charge in [-0.3, -0.25) is 9.89 Å². The van der Waals surface area contributed by atoms with Gasteiger partial charge in [-0.1, -0.05) is 24.3 Å². The quantitative estimate of drug-likeness (QED) is 0.681. The maximum atomic E-state index is 13.3. The van der Waals surface area contributed by atoms with Crippen molar-refractivity contribution in [2.45, 2.75) is 37.1 Å². The average Bonchev–Trinajstić information content (AvgIpc) is 3.27.